The normalized spacial score (nSPS) is 12.0. The minimum atomic E-state index is -0.719. The Labute approximate surface area is 94.5 Å². The first-order chi connectivity index (χ1) is 7.32. The number of carbonyl (C=O) groups excluding carboxylic acids is 3. The monoisotopic (exact) mass is 230 g/mol. The van der Waals surface area contributed by atoms with Crippen LogP contribution in [0.3, 0.4) is 0 Å². The lowest BCUT2D eigenvalue weighted by molar-refractivity contribution is -0.146. The van der Waals surface area contributed by atoms with Crippen LogP contribution in [0.1, 0.15) is 27.2 Å². The minimum absolute atomic E-state index is 0.228. The summed E-state index contributed by atoms with van der Waals surface area (Å²) in [6, 6.07) is -0.719. The predicted octanol–water partition coefficient (Wildman–Crippen LogP) is -0.434. The molecule has 0 aromatic carbocycles. The first-order valence-corrected chi connectivity index (χ1v) is 5.05. The van der Waals surface area contributed by atoms with Crippen molar-refractivity contribution in [2.45, 2.75) is 33.2 Å². The van der Waals surface area contributed by atoms with E-state index in [0.29, 0.717) is 6.42 Å². The molecule has 6 nitrogen and oxygen atoms in total. The van der Waals surface area contributed by atoms with Crippen LogP contribution in [-0.2, 0) is 19.1 Å². The van der Waals surface area contributed by atoms with Gasteiger partial charge in [-0.05, 0) is 12.3 Å². The first kappa shape index (κ1) is 14.4. The van der Waals surface area contributed by atoms with Gasteiger partial charge in [0.25, 0.3) is 5.91 Å². The van der Waals surface area contributed by atoms with Gasteiger partial charge in [-0.3, -0.25) is 14.4 Å². The Hall–Kier alpha value is -1.59. The first-order valence-electron chi connectivity index (χ1n) is 5.05. The standard InChI is InChI=1S/C10H18N2O4/c1-6(2)4-8(10(11)15)12-9(14)5-16-7(3)13/h6,8H,4-5H2,1-3H3,(H2,11,15)(H,12,14)/t8-/m0/s1. The number of rotatable bonds is 6. The van der Waals surface area contributed by atoms with Crippen LogP contribution in [-0.4, -0.2) is 30.4 Å². The Morgan fingerprint density at radius 1 is 1.31 bits per heavy atom. The van der Waals surface area contributed by atoms with Crippen molar-refractivity contribution in [1.82, 2.24) is 5.32 Å². The molecular weight excluding hydrogens is 212 g/mol. The SMILES string of the molecule is CC(=O)OCC(=O)N[C@@H](CC(C)C)C(N)=O. The third-order valence-electron chi connectivity index (χ3n) is 1.79. The van der Waals surface area contributed by atoms with Crippen molar-refractivity contribution < 1.29 is 19.1 Å². The summed E-state index contributed by atoms with van der Waals surface area (Å²) in [5.41, 5.74) is 5.13. The second kappa shape index (κ2) is 6.81. The quantitative estimate of drug-likeness (QED) is 0.604. The maximum Gasteiger partial charge on any atom is 0.303 e. The fourth-order valence-electron chi connectivity index (χ4n) is 1.12. The van der Waals surface area contributed by atoms with Crippen LogP contribution < -0.4 is 11.1 Å². The highest BCUT2D eigenvalue weighted by Crippen LogP contribution is 2.04. The molecule has 92 valence electrons. The summed E-state index contributed by atoms with van der Waals surface area (Å²) in [5.74, 6) is -1.44. The summed E-state index contributed by atoms with van der Waals surface area (Å²) in [6.45, 7) is 4.63. The molecule has 0 heterocycles. The van der Waals surface area contributed by atoms with E-state index in [9.17, 15) is 14.4 Å². The van der Waals surface area contributed by atoms with Crippen LogP contribution >= 0.6 is 0 Å². The lowest BCUT2D eigenvalue weighted by Crippen LogP contribution is -2.46. The van der Waals surface area contributed by atoms with Crippen molar-refractivity contribution in [3.8, 4) is 0 Å². The second-order valence-electron chi connectivity index (χ2n) is 3.93. The molecule has 0 rings (SSSR count). The number of carbonyl (C=O) groups is 3. The topological polar surface area (TPSA) is 98.5 Å². The zero-order valence-electron chi connectivity index (χ0n) is 9.78. The van der Waals surface area contributed by atoms with Crippen molar-refractivity contribution in [2.24, 2.45) is 11.7 Å². The summed E-state index contributed by atoms with van der Waals surface area (Å²) in [4.78, 5) is 32.7. The smallest absolute Gasteiger partial charge is 0.303 e. The van der Waals surface area contributed by atoms with Crippen LogP contribution in [0.4, 0.5) is 0 Å². The average molecular weight is 230 g/mol. The molecule has 0 saturated heterocycles. The molecule has 3 N–H and O–H groups in total. The number of primary amides is 1. The molecule has 0 aromatic rings. The average Bonchev–Trinajstić information content (AvgIpc) is 2.12. The molecule has 6 heteroatoms. The molecule has 0 unspecified atom stereocenters. The molecular formula is C10H18N2O4. The number of amides is 2. The zero-order chi connectivity index (χ0) is 12.7. The summed E-state index contributed by atoms with van der Waals surface area (Å²) in [7, 11) is 0. The van der Waals surface area contributed by atoms with E-state index in [-0.39, 0.29) is 5.92 Å². The molecule has 0 aliphatic rings. The minimum Gasteiger partial charge on any atom is -0.456 e. The number of nitrogens with two attached hydrogens (primary N) is 1. The Kier molecular flexibility index (Phi) is 6.14. The predicted molar refractivity (Wildman–Crippen MR) is 57.2 cm³/mol. The largest absolute Gasteiger partial charge is 0.456 e. The van der Waals surface area contributed by atoms with Crippen LogP contribution in [0.2, 0.25) is 0 Å². The number of hydrogen-bond donors (Lipinski definition) is 2. The molecule has 1 atom stereocenters. The highest BCUT2D eigenvalue weighted by atomic mass is 16.5. The van der Waals surface area contributed by atoms with Gasteiger partial charge >= 0.3 is 5.97 Å². The van der Waals surface area contributed by atoms with Gasteiger partial charge in [0.1, 0.15) is 6.04 Å². The maximum atomic E-state index is 11.2. The van der Waals surface area contributed by atoms with Crippen molar-refractivity contribution in [2.75, 3.05) is 6.61 Å². The van der Waals surface area contributed by atoms with Crippen molar-refractivity contribution >= 4 is 17.8 Å². The van der Waals surface area contributed by atoms with Gasteiger partial charge in [0.2, 0.25) is 5.91 Å². The number of nitrogens with one attached hydrogen (secondary N) is 1. The summed E-state index contributed by atoms with van der Waals surface area (Å²) < 4.78 is 4.49. The molecule has 0 aliphatic carbocycles. The van der Waals surface area contributed by atoms with Crippen molar-refractivity contribution in [1.29, 1.82) is 0 Å². The van der Waals surface area contributed by atoms with E-state index in [1.54, 1.807) is 0 Å². The van der Waals surface area contributed by atoms with Crippen molar-refractivity contribution in [3.63, 3.8) is 0 Å². The third kappa shape index (κ3) is 6.80. The Bertz CT molecular complexity index is 276. The lowest BCUT2D eigenvalue weighted by Gasteiger charge is -2.17. The Morgan fingerprint density at radius 2 is 1.88 bits per heavy atom. The number of hydrogen-bond acceptors (Lipinski definition) is 4. The summed E-state index contributed by atoms with van der Waals surface area (Å²) >= 11 is 0. The van der Waals surface area contributed by atoms with Gasteiger partial charge in [0, 0.05) is 6.92 Å². The molecule has 0 radical (unpaired) electrons. The molecule has 0 aliphatic heterocycles. The zero-order valence-corrected chi connectivity index (χ0v) is 9.78. The van der Waals surface area contributed by atoms with E-state index in [0.717, 1.165) is 0 Å². The van der Waals surface area contributed by atoms with E-state index in [1.807, 2.05) is 13.8 Å². The number of ether oxygens (including phenoxy) is 1. The molecule has 0 spiro atoms. The molecule has 0 bridgehead atoms. The van der Waals surface area contributed by atoms with Gasteiger partial charge in [-0.2, -0.15) is 0 Å². The van der Waals surface area contributed by atoms with E-state index in [1.165, 1.54) is 6.92 Å². The fourth-order valence-corrected chi connectivity index (χ4v) is 1.12. The third-order valence-corrected chi connectivity index (χ3v) is 1.79. The van der Waals surface area contributed by atoms with Gasteiger partial charge in [0.15, 0.2) is 6.61 Å². The van der Waals surface area contributed by atoms with Gasteiger partial charge in [-0.15, -0.1) is 0 Å². The number of esters is 1. The van der Waals surface area contributed by atoms with E-state index in [2.05, 4.69) is 10.1 Å². The molecule has 2 amide bonds. The van der Waals surface area contributed by atoms with Crippen LogP contribution in [0.25, 0.3) is 0 Å². The highest BCUT2D eigenvalue weighted by Gasteiger charge is 2.19. The maximum absolute atomic E-state index is 11.2. The van der Waals surface area contributed by atoms with Crippen LogP contribution in [0, 0.1) is 5.92 Å². The summed E-state index contributed by atoms with van der Waals surface area (Å²) in [5, 5.41) is 2.41. The van der Waals surface area contributed by atoms with E-state index >= 15 is 0 Å². The van der Waals surface area contributed by atoms with Gasteiger partial charge < -0.3 is 15.8 Å². The fraction of sp³-hybridized carbons (Fsp3) is 0.700. The molecule has 16 heavy (non-hydrogen) atoms. The molecule has 0 saturated carbocycles. The Balaban J connectivity index is 4.13. The lowest BCUT2D eigenvalue weighted by atomic mass is 10.0. The second-order valence-corrected chi connectivity index (χ2v) is 3.93. The summed E-state index contributed by atoms with van der Waals surface area (Å²) in [6.07, 6.45) is 0.459. The molecule has 0 aromatic heterocycles. The van der Waals surface area contributed by atoms with Crippen LogP contribution in [0.15, 0.2) is 0 Å². The van der Waals surface area contributed by atoms with Gasteiger partial charge in [0.05, 0.1) is 0 Å². The van der Waals surface area contributed by atoms with Crippen molar-refractivity contribution in [3.05, 3.63) is 0 Å². The molecule has 0 fully saturated rings. The Morgan fingerprint density at radius 3 is 2.25 bits per heavy atom. The van der Waals surface area contributed by atoms with Gasteiger partial charge in [-0.25, -0.2) is 0 Å². The van der Waals surface area contributed by atoms with E-state index in [4.69, 9.17) is 5.73 Å². The highest BCUT2D eigenvalue weighted by molar-refractivity contribution is 5.87. The van der Waals surface area contributed by atoms with Gasteiger partial charge in [-0.1, -0.05) is 13.8 Å². The van der Waals surface area contributed by atoms with E-state index < -0.39 is 30.4 Å². The van der Waals surface area contributed by atoms with Crippen LogP contribution in [0.5, 0.6) is 0 Å².